The highest BCUT2D eigenvalue weighted by Gasteiger charge is 2.73. The van der Waals surface area contributed by atoms with Crippen molar-refractivity contribution in [2.45, 2.75) is 29.0 Å². The Morgan fingerprint density at radius 1 is 1.00 bits per heavy atom. The van der Waals surface area contributed by atoms with Gasteiger partial charge < -0.3 is 19.8 Å². The van der Waals surface area contributed by atoms with Gasteiger partial charge in [0.05, 0.1) is 23.2 Å². The van der Waals surface area contributed by atoms with Crippen LogP contribution in [0.1, 0.15) is 12.5 Å². The summed E-state index contributed by atoms with van der Waals surface area (Å²) >= 11 is 1.56. The number of thioether (sulfide) groups is 1. The van der Waals surface area contributed by atoms with Gasteiger partial charge in [-0.15, -0.1) is 11.8 Å². The zero-order chi connectivity index (χ0) is 23.4. The topological polar surface area (TPSA) is 81.2 Å². The molecule has 5 rings (SSSR count). The van der Waals surface area contributed by atoms with Crippen molar-refractivity contribution in [3.8, 4) is 0 Å². The Balaban J connectivity index is 1.60. The smallest absolute Gasteiger partial charge is 0.247 e. The van der Waals surface area contributed by atoms with Crippen LogP contribution in [0.3, 0.4) is 0 Å². The number of aliphatic hydroxyl groups is 1. The first-order chi connectivity index (χ1) is 15.8. The summed E-state index contributed by atoms with van der Waals surface area (Å²) in [7, 11) is 1.76. The van der Waals surface area contributed by atoms with Crippen LogP contribution in [-0.4, -0.2) is 86.4 Å². The molecule has 0 aromatic heterocycles. The molecule has 0 radical (unpaired) electrons. The van der Waals surface area contributed by atoms with Gasteiger partial charge in [0.1, 0.15) is 6.04 Å². The Labute approximate surface area is 198 Å². The van der Waals surface area contributed by atoms with Gasteiger partial charge in [-0.2, -0.15) is 0 Å². The SMILES string of the molecule is CN1CC=C[C@@]2(C)S[C@]34C=CCN(Cc5ccccc5)C(=O)C3N(CCO)C(=O)[C@@H]4[C@H]2C1=O. The molecule has 174 valence electrons. The van der Waals surface area contributed by atoms with Crippen molar-refractivity contribution in [1.29, 1.82) is 0 Å². The molecule has 1 aromatic carbocycles. The van der Waals surface area contributed by atoms with Crippen molar-refractivity contribution in [2.75, 3.05) is 33.3 Å². The number of hydrogen-bond donors (Lipinski definition) is 1. The van der Waals surface area contributed by atoms with Gasteiger partial charge in [0.25, 0.3) is 0 Å². The molecule has 1 N–H and O–H groups in total. The van der Waals surface area contributed by atoms with Crippen LogP contribution in [0.15, 0.2) is 54.6 Å². The van der Waals surface area contributed by atoms with E-state index >= 15 is 0 Å². The van der Waals surface area contributed by atoms with Crippen LogP contribution in [0, 0.1) is 11.8 Å². The third-order valence-corrected chi connectivity index (χ3v) is 9.20. The second-order valence-corrected chi connectivity index (χ2v) is 11.3. The monoisotopic (exact) mass is 467 g/mol. The van der Waals surface area contributed by atoms with Gasteiger partial charge in [-0.3, -0.25) is 14.4 Å². The number of benzene rings is 1. The molecule has 7 nitrogen and oxygen atoms in total. The maximum absolute atomic E-state index is 14.0. The third-order valence-electron chi connectivity index (χ3n) is 7.40. The molecule has 2 saturated heterocycles. The largest absolute Gasteiger partial charge is 0.395 e. The van der Waals surface area contributed by atoms with Crippen molar-refractivity contribution in [2.24, 2.45) is 11.8 Å². The first-order valence-corrected chi connectivity index (χ1v) is 12.2. The highest BCUT2D eigenvalue weighted by molar-refractivity contribution is 8.02. The third kappa shape index (κ3) is 3.26. The summed E-state index contributed by atoms with van der Waals surface area (Å²) in [5.41, 5.74) is 1.01. The lowest BCUT2D eigenvalue weighted by atomic mass is 9.74. The fourth-order valence-electron chi connectivity index (χ4n) is 5.98. The molecule has 0 bridgehead atoms. The van der Waals surface area contributed by atoms with E-state index < -0.39 is 27.4 Å². The van der Waals surface area contributed by atoms with E-state index in [-0.39, 0.29) is 30.9 Å². The quantitative estimate of drug-likeness (QED) is 0.675. The number of aliphatic hydroxyl groups excluding tert-OH is 1. The molecular weight excluding hydrogens is 438 g/mol. The van der Waals surface area contributed by atoms with Crippen LogP contribution >= 0.6 is 11.8 Å². The molecular formula is C25H29N3O4S. The molecule has 5 atom stereocenters. The molecule has 33 heavy (non-hydrogen) atoms. The maximum Gasteiger partial charge on any atom is 0.247 e. The van der Waals surface area contributed by atoms with Crippen molar-refractivity contribution in [3.05, 3.63) is 60.2 Å². The minimum atomic E-state index is -0.855. The predicted octanol–water partition coefficient (Wildman–Crippen LogP) is 1.29. The summed E-state index contributed by atoms with van der Waals surface area (Å²) in [6, 6.07) is 9.02. The fraction of sp³-hybridized carbons (Fsp3) is 0.480. The van der Waals surface area contributed by atoms with Crippen LogP contribution in [-0.2, 0) is 20.9 Å². The number of rotatable bonds is 4. The molecule has 1 unspecified atom stereocenters. The highest BCUT2D eigenvalue weighted by atomic mass is 32.2. The van der Waals surface area contributed by atoms with Crippen LogP contribution in [0.25, 0.3) is 0 Å². The first kappa shape index (κ1) is 22.2. The number of nitrogens with zero attached hydrogens (tertiary/aromatic N) is 3. The molecule has 3 amide bonds. The summed E-state index contributed by atoms with van der Waals surface area (Å²) in [5.74, 6) is -1.64. The number of hydrogen-bond acceptors (Lipinski definition) is 5. The van der Waals surface area contributed by atoms with Gasteiger partial charge in [0.2, 0.25) is 17.7 Å². The molecule has 4 aliphatic heterocycles. The molecule has 1 aromatic rings. The number of likely N-dealkylation sites (tertiary alicyclic amines) is 1. The minimum absolute atomic E-state index is 0.0685. The fourth-order valence-corrected chi connectivity index (χ4v) is 8.14. The van der Waals surface area contributed by atoms with E-state index in [4.69, 9.17) is 0 Å². The standard InChI is InChI=1S/C25H29N3O4S/c1-24-10-6-12-26(2)21(30)18(24)19-22(31)28(14-15-29)20-23(32)27(13-7-11-25(19,20)33-24)16-17-8-4-3-5-9-17/h3-11,18-20,29H,12-16H2,1-2H3/t18-,19-,20?,24+,25-/m0/s1. The Kier molecular flexibility index (Phi) is 5.40. The number of amides is 3. The van der Waals surface area contributed by atoms with E-state index in [9.17, 15) is 19.5 Å². The lowest BCUT2D eigenvalue weighted by Crippen LogP contribution is -2.53. The highest BCUT2D eigenvalue weighted by Crippen LogP contribution is 2.65. The summed E-state index contributed by atoms with van der Waals surface area (Å²) < 4.78 is -1.45. The Morgan fingerprint density at radius 2 is 1.73 bits per heavy atom. The van der Waals surface area contributed by atoms with E-state index in [0.29, 0.717) is 19.6 Å². The van der Waals surface area contributed by atoms with Crippen molar-refractivity contribution in [3.63, 3.8) is 0 Å². The van der Waals surface area contributed by atoms with Crippen molar-refractivity contribution >= 4 is 29.5 Å². The van der Waals surface area contributed by atoms with Gasteiger partial charge in [-0.1, -0.05) is 54.6 Å². The van der Waals surface area contributed by atoms with Gasteiger partial charge in [0.15, 0.2) is 0 Å². The second-order valence-electron chi connectivity index (χ2n) is 9.48. The Morgan fingerprint density at radius 3 is 2.45 bits per heavy atom. The van der Waals surface area contributed by atoms with Gasteiger partial charge >= 0.3 is 0 Å². The van der Waals surface area contributed by atoms with Gasteiger partial charge in [-0.25, -0.2) is 0 Å². The maximum atomic E-state index is 14.0. The zero-order valence-corrected chi connectivity index (χ0v) is 19.7. The molecule has 8 heteroatoms. The average Bonchev–Trinajstić information content (AvgIpc) is 3.07. The van der Waals surface area contributed by atoms with E-state index in [1.807, 2.05) is 61.6 Å². The summed E-state index contributed by atoms with van der Waals surface area (Å²) in [4.78, 5) is 46.2. The lowest BCUT2D eigenvalue weighted by molar-refractivity contribution is -0.144. The van der Waals surface area contributed by atoms with Crippen LogP contribution < -0.4 is 0 Å². The van der Waals surface area contributed by atoms with Gasteiger partial charge in [0, 0.05) is 38.0 Å². The Bertz CT molecular complexity index is 1040. The van der Waals surface area contributed by atoms with Crippen molar-refractivity contribution < 1.29 is 19.5 Å². The molecule has 0 saturated carbocycles. The van der Waals surface area contributed by atoms with Crippen LogP contribution in [0.5, 0.6) is 0 Å². The minimum Gasteiger partial charge on any atom is -0.395 e. The first-order valence-electron chi connectivity index (χ1n) is 11.4. The van der Waals surface area contributed by atoms with Gasteiger partial charge in [-0.05, 0) is 12.5 Å². The zero-order valence-electron chi connectivity index (χ0n) is 18.9. The van der Waals surface area contributed by atoms with E-state index in [0.717, 1.165) is 5.56 Å². The normalized spacial score (nSPS) is 35.4. The van der Waals surface area contributed by atoms with E-state index in [2.05, 4.69) is 0 Å². The Hall–Kier alpha value is -2.58. The number of β-amino-alcohol motifs (C(OH)–C–C–N with tert-alkyl or cyclic N) is 1. The number of fused-ring (bicyclic) bond motifs is 2. The van der Waals surface area contributed by atoms with E-state index in [1.54, 1.807) is 28.6 Å². The second kappa shape index (κ2) is 8.02. The predicted molar refractivity (Wildman–Crippen MR) is 126 cm³/mol. The van der Waals surface area contributed by atoms with Crippen molar-refractivity contribution in [1.82, 2.24) is 14.7 Å². The number of carbonyl (C=O) groups excluding carboxylic acids is 3. The molecule has 4 aliphatic rings. The number of likely N-dealkylation sites (N-methyl/N-ethyl adjacent to an activating group) is 1. The molecule has 4 heterocycles. The lowest BCUT2D eigenvalue weighted by Gasteiger charge is -2.36. The molecule has 0 aliphatic carbocycles. The summed E-state index contributed by atoms with van der Waals surface area (Å²) in [6.45, 7) is 3.23. The van der Waals surface area contributed by atoms with Crippen LogP contribution in [0.4, 0.5) is 0 Å². The number of carbonyl (C=O) groups is 3. The summed E-state index contributed by atoms with van der Waals surface area (Å²) in [6.07, 6.45) is 8.01. The summed E-state index contributed by atoms with van der Waals surface area (Å²) in [5, 5.41) is 9.75. The van der Waals surface area contributed by atoms with E-state index in [1.165, 1.54) is 4.90 Å². The average molecular weight is 468 g/mol. The molecule has 2 fully saturated rings. The molecule has 1 spiro atoms. The van der Waals surface area contributed by atoms with Crippen LogP contribution in [0.2, 0.25) is 0 Å².